The van der Waals surface area contributed by atoms with Gasteiger partial charge in [0.2, 0.25) is 5.82 Å². The average molecular weight is 291 g/mol. The number of hydrogen-bond acceptors (Lipinski definition) is 6. The first-order valence-electron chi connectivity index (χ1n) is 6.54. The van der Waals surface area contributed by atoms with Gasteiger partial charge in [0.15, 0.2) is 0 Å². The topological polar surface area (TPSA) is 97.6 Å². The molecule has 7 nitrogen and oxygen atoms in total. The van der Waals surface area contributed by atoms with E-state index >= 15 is 0 Å². The van der Waals surface area contributed by atoms with Crippen LogP contribution in [0.3, 0.4) is 0 Å². The van der Waals surface area contributed by atoms with Crippen molar-refractivity contribution in [1.82, 2.24) is 25.1 Å². The molecule has 0 amide bonds. The summed E-state index contributed by atoms with van der Waals surface area (Å²) in [6.45, 7) is 0. The molecule has 22 heavy (non-hydrogen) atoms. The molecule has 0 spiro atoms. The largest absolute Gasteiger partial charge is 0.332 e. The van der Waals surface area contributed by atoms with Crippen molar-refractivity contribution >= 4 is 10.8 Å². The number of nitrogens with one attached hydrogen (secondary N) is 1. The lowest BCUT2D eigenvalue weighted by Gasteiger charge is -1.98. The Morgan fingerprint density at radius 3 is 2.91 bits per heavy atom. The van der Waals surface area contributed by atoms with Crippen LogP contribution in [0.5, 0.6) is 0 Å². The van der Waals surface area contributed by atoms with Crippen molar-refractivity contribution in [1.29, 1.82) is 0 Å². The summed E-state index contributed by atoms with van der Waals surface area (Å²) < 4.78 is 5.21. The summed E-state index contributed by atoms with van der Waals surface area (Å²) in [5.41, 5.74) is 0.763. The quantitative estimate of drug-likeness (QED) is 0.607. The van der Waals surface area contributed by atoms with Crippen LogP contribution in [0.2, 0.25) is 0 Å². The number of aromatic amines is 1. The van der Waals surface area contributed by atoms with E-state index in [0.717, 1.165) is 5.39 Å². The number of pyridine rings is 1. The summed E-state index contributed by atoms with van der Waals surface area (Å²) in [7, 11) is 0. The van der Waals surface area contributed by atoms with Gasteiger partial charge in [0.05, 0.1) is 6.20 Å². The zero-order chi connectivity index (χ0) is 14.9. The van der Waals surface area contributed by atoms with Crippen LogP contribution < -0.4 is 5.56 Å². The van der Waals surface area contributed by atoms with Gasteiger partial charge in [-0.05, 0) is 17.5 Å². The molecule has 0 saturated carbocycles. The van der Waals surface area contributed by atoms with Crippen LogP contribution in [0, 0.1) is 0 Å². The second kappa shape index (κ2) is 4.88. The third-order valence-corrected chi connectivity index (χ3v) is 3.20. The lowest BCUT2D eigenvalue weighted by Crippen LogP contribution is -2.07. The first-order valence-corrected chi connectivity index (χ1v) is 6.54. The number of hydrogen-bond donors (Lipinski definition) is 1. The van der Waals surface area contributed by atoms with Crippen molar-refractivity contribution in [3.63, 3.8) is 0 Å². The van der Waals surface area contributed by atoms with Crippen LogP contribution in [0.1, 0.15) is 0 Å². The van der Waals surface area contributed by atoms with Crippen LogP contribution in [0.15, 0.2) is 58.2 Å². The van der Waals surface area contributed by atoms with Crippen molar-refractivity contribution < 1.29 is 4.52 Å². The summed E-state index contributed by atoms with van der Waals surface area (Å²) in [6.07, 6.45) is 4.65. The SMILES string of the molecule is O=c1[nH]c(-c2nc(-c3cnccn3)no2)cc2ccccc12. The van der Waals surface area contributed by atoms with Gasteiger partial charge < -0.3 is 9.51 Å². The zero-order valence-electron chi connectivity index (χ0n) is 11.2. The molecule has 0 atom stereocenters. The zero-order valence-corrected chi connectivity index (χ0v) is 11.2. The number of benzene rings is 1. The smallest absolute Gasteiger partial charge is 0.274 e. The molecule has 1 aromatic carbocycles. The highest BCUT2D eigenvalue weighted by molar-refractivity contribution is 5.84. The highest BCUT2D eigenvalue weighted by Crippen LogP contribution is 2.20. The Labute approximate surface area is 123 Å². The Balaban J connectivity index is 1.83. The number of H-pyrrole nitrogens is 1. The van der Waals surface area contributed by atoms with Crippen LogP contribution in [-0.4, -0.2) is 25.1 Å². The average Bonchev–Trinajstić information content (AvgIpc) is 3.06. The Morgan fingerprint density at radius 2 is 2.05 bits per heavy atom. The lowest BCUT2D eigenvalue weighted by atomic mass is 10.1. The molecule has 0 bridgehead atoms. The van der Waals surface area contributed by atoms with Crippen molar-refractivity contribution in [2.45, 2.75) is 0 Å². The number of aromatic nitrogens is 5. The van der Waals surface area contributed by atoms with Crippen LogP contribution >= 0.6 is 0 Å². The predicted octanol–water partition coefficient (Wildman–Crippen LogP) is 2.04. The number of fused-ring (bicyclic) bond motifs is 1. The van der Waals surface area contributed by atoms with E-state index in [1.165, 1.54) is 6.20 Å². The predicted molar refractivity (Wildman–Crippen MR) is 78.9 cm³/mol. The molecule has 4 aromatic rings. The molecule has 0 aliphatic heterocycles. The summed E-state index contributed by atoms with van der Waals surface area (Å²) in [5.74, 6) is 0.542. The number of rotatable bonds is 2. The Morgan fingerprint density at radius 1 is 1.14 bits per heavy atom. The molecule has 1 N–H and O–H groups in total. The van der Waals surface area contributed by atoms with E-state index in [9.17, 15) is 4.79 Å². The van der Waals surface area contributed by atoms with Gasteiger partial charge in [-0.1, -0.05) is 23.4 Å². The van der Waals surface area contributed by atoms with E-state index in [-0.39, 0.29) is 11.4 Å². The maximum absolute atomic E-state index is 12.1. The fourth-order valence-electron chi connectivity index (χ4n) is 2.18. The molecule has 3 aromatic heterocycles. The van der Waals surface area contributed by atoms with Crippen molar-refractivity contribution in [2.75, 3.05) is 0 Å². The van der Waals surface area contributed by atoms with E-state index in [4.69, 9.17) is 4.52 Å². The Kier molecular flexibility index (Phi) is 2.75. The van der Waals surface area contributed by atoms with Crippen LogP contribution in [-0.2, 0) is 0 Å². The van der Waals surface area contributed by atoms with Gasteiger partial charge >= 0.3 is 0 Å². The van der Waals surface area contributed by atoms with Gasteiger partial charge in [-0.15, -0.1) is 0 Å². The van der Waals surface area contributed by atoms with E-state index in [2.05, 4.69) is 25.1 Å². The Bertz CT molecular complexity index is 1010. The molecule has 0 saturated heterocycles. The van der Waals surface area contributed by atoms with E-state index in [0.29, 0.717) is 22.6 Å². The molecular weight excluding hydrogens is 282 g/mol. The standard InChI is InChI=1S/C15H9N5O2/c21-14-10-4-2-1-3-9(10)7-11(18-14)15-19-13(20-22-15)12-8-16-5-6-17-12/h1-8H,(H,18,21). The van der Waals surface area contributed by atoms with E-state index < -0.39 is 0 Å². The monoisotopic (exact) mass is 291 g/mol. The van der Waals surface area contributed by atoms with Gasteiger partial charge in [0.25, 0.3) is 11.4 Å². The summed E-state index contributed by atoms with van der Waals surface area (Å²) in [5, 5.41) is 5.28. The normalized spacial score (nSPS) is 10.9. The van der Waals surface area contributed by atoms with Crippen LogP contribution in [0.4, 0.5) is 0 Å². The lowest BCUT2D eigenvalue weighted by molar-refractivity contribution is 0.430. The minimum Gasteiger partial charge on any atom is -0.332 e. The molecule has 3 heterocycles. The van der Waals surface area contributed by atoms with Crippen molar-refractivity contribution in [2.24, 2.45) is 0 Å². The Hall–Kier alpha value is -3.35. The summed E-state index contributed by atoms with van der Waals surface area (Å²) in [4.78, 5) is 27.1. The molecular formula is C15H9N5O2. The molecule has 0 unspecified atom stereocenters. The third-order valence-electron chi connectivity index (χ3n) is 3.20. The summed E-state index contributed by atoms with van der Waals surface area (Å²) in [6, 6.07) is 9.09. The molecule has 7 heteroatoms. The van der Waals surface area contributed by atoms with Gasteiger partial charge in [0, 0.05) is 17.8 Å². The highest BCUT2D eigenvalue weighted by atomic mass is 16.5. The minimum absolute atomic E-state index is 0.202. The molecule has 4 rings (SSSR count). The molecule has 0 fully saturated rings. The second-order valence-electron chi connectivity index (χ2n) is 4.61. The molecule has 0 radical (unpaired) electrons. The number of nitrogens with zero attached hydrogens (tertiary/aromatic N) is 4. The first-order chi connectivity index (χ1) is 10.8. The first kappa shape index (κ1) is 12.4. The fraction of sp³-hybridized carbons (Fsp3) is 0. The van der Waals surface area contributed by atoms with E-state index in [1.807, 2.05) is 18.2 Å². The van der Waals surface area contributed by atoms with Gasteiger partial charge in [-0.3, -0.25) is 9.78 Å². The second-order valence-corrected chi connectivity index (χ2v) is 4.61. The summed E-state index contributed by atoms with van der Waals surface area (Å²) >= 11 is 0. The van der Waals surface area contributed by atoms with Gasteiger partial charge in [0.1, 0.15) is 11.4 Å². The fourth-order valence-corrected chi connectivity index (χ4v) is 2.18. The van der Waals surface area contributed by atoms with E-state index in [1.54, 1.807) is 24.5 Å². The van der Waals surface area contributed by atoms with Crippen molar-refractivity contribution in [3.8, 4) is 23.1 Å². The highest BCUT2D eigenvalue weighted by Gasteiger charge is 2.13. The van der Waals surface area contributed by atoms with Gasteiger partial charge in [-0.25, -0.2) is 4.98 Å². The molecule has 106 valence electrons. The van der Waals surface area contributed by atoms with Gasteiger partial charge in [-0.2, -0.15) is 4.98 Å². The van der Waals surface area contributed by atoms with Crippen molar-refractivity contribution in [3.05, 3.63) is 59.3 Å². The maximum Gasteiger partial charge on any atom is 0.274 e. The molecule has 0 aliphatic rings. The maximum atomic E-state index is 12.1. The third kappa shape index (κ3) is 2.05. The minimum atomic E-state index is -0.202. The van der Waals surface area contributed by atoms with Crippen LogP contribution in [0.25, 0.3) is 33.9 Å². The molecule has 0 aliphatic carbocycles.